The summed E-state index contributed by atoms with van der Waals surface area (Å²) < 4.78 is 10.7. The molecule has 1 unspecified atom stereocenters. The summed E-state index contributed by atoms with van der Waals surface area (Å²) in [4.78, 5) is 14.6. The predicted molar refractivity (Wildman–Crippen MR) is 107 cm³/mol. The summed E-state index contributed by atoms with van der Waals surface area (Å²) in [5, 5.41) is 3.47. The number of thioether (sulfide) groups is 1. The molecule has 0 spiro atoms. The molecule has 5 nitrogen and oxygen atoms in total. The van der Waals surface area contributed by atoms with Gasteiger partial charge in [0.1, 0.15) is 16.9 Å². The van der Waals surface area contributed by atoms with Crippen LogP contribution >= 0.6 is 23.4 Å². The molecule has 138 valence electrons. The van der Waals surface area contributed by atoms with Gasteiger partial charge in [0.05, 0.1) is 14.2 Å². The van der Waals surface area contributed by atoms with Gasteiger partial charge in [-0.3, -0.25) is 0 Å². The van der Waals surface area contributed by atoms with Crippen molar-refractivity contribution in [3.05, 3.63) is 52.5 Å². The Labute approximate surface area is 162 Å². The van der Waals surface area contributed by atoms with Gasteiger partial charge in [-0.1, -0.05) is 17.7 Å². The first-order chi connectivity index (χ1) is 12.5. The molecule has 0 aliphatic carbocycles. The van der Waals surface area contributed by atoms with Crippen molar-refractivity contribution >= 4 is 35.1 Å². The molecule has 2 amide bonds. The van der Waals surface area contributed by atoms with Crippen LogP contribution in [0.3, 0.4) is 0 Å². The zero-order chi connectivity index (χ0) is 18.7. The minimum absolute atomic E-state index is 0.0973. The highest BCUT2D eigenvalue weighted by molar-refractivity contribution is 7.99. The Morgan fingerprint density at radius 1 is 1.19 bits per heavy atom. The lowest BCUT2D eigenvalue weighted by molar-refractivity contribution is 0.214. The number of carbonyl (C=O) groups is 1. The van der Waals surface area contributed by atoms with E-state index in [0.29, 0.717) is 28.8 Å². The number of hydrogen-bond acceptors (Lipinski definition) is 4. The van der Waals surface area contributed by atoms with Crippen molar-refractivity contribution in [1.82, 2.24) is 4.90 Å². The molecule has 2 aromatic carbocycles. The maximum atomic E-state index is 12.8. The van der Waals surface area contributed by atoms with E-state index in [-0.39, 0.29) is 11.4 Å². The van der Waals surface area contributed by atoms with Crippen molar-refractivity contribution in [2.45, 2.75) is 12.3 Å². The number of aryl methyl sites for hydroxylation is 1. The van der Waals surface area contributed by atoms with Crippen LogP contribution in [0.5, 0.6) is 11.5 Å². The lowest BCUT2D eigenvalue weighted by Crippen LogP contribution is -2.34. The Morgan fingerprint density at radius 2 is 1.88 bits per heavy atom. The van der Waals surface area contributed by atoms with Crippen LogP contribution in [-0.2, 0) is 0 Å². The smallest absolute Gasteiger partial charge is 0.323 e. The van der Waals surface area contributed by atoms with Crippen molar-refractivity contribution < 1.29 is 14.3 Å². The normalized spacial score (nSPS) is 16.5. The monoisotopic (exact) mass is 392 g/mol. The number of urea groups is 1. The fourth-order valence-electron chi connectivity index (χ4n) is 2.79. The quantitative estimate of drug-likeness (QED) is 0.800. The van der Waals surface area contributed by atoms with Gasteiger partial charge in [0.2, 0.25) is 0 Å². The largest absolute Gasteiger partial charge is 0.497 e. The van der Waals surface area contributed by atoms with E-state index >= 15 is 0 Å². The Kier molecular flexibility index (Phi) is 5.84. The minimum atomic E-state index is -0.151. The van der Waals surface area contributed by atoms with E-state index in [9.17, 15) is 4.79 Å². The van der Waals surface area contributed by atoms with Crippen LogP contribution in [0.1, 0.15) is 16.5 Å². The number of anilines is 1. The summed E-state index contributed by atoms with van der Waals surface area (Å²) in [6.45, 7) is 2.59. The summed E-state index contributed by atoms with van der Waals surface area (Å²) in [6.07, 6.45) is 0. The first-order valence-corrected chi connectivity index (χ1v) is 9.63. The van der Waals surface area contributed by atoms with Crippen molar-refractivity contribution in [3.63, 3.8) is 0 Å². The van der Waals surface area contributed by atoms with Gasteiger partial charge in [0.15, 0.2) is 0 Å². The number of carbonyl (C=O) groups excluding carboxylic acids is 1. The third-order valence-electron chi connectivity index (χ3n) is 4.23. The van der Waals surface area contributed by atoms with E-state index in [1.807, 2.05) is 42.2 Å². The zero-order valence-corrected chi connectivity index (χ0v) is 16.5. The Bertz CT molecular complexity index is 793. The topological polar surface area (TPSA) is 50.8 Å². The number of nitrogens with zero attached hydrogens (tertiary/aromatic N) is 1. The van der Waals surface area contributed by atoms with Crippen LogP contribution in [-0.4, -0.2) is 37.4 Å². The highest BCUT2D eigenvalue weighted by Gasteiger charge is 2.31. The van der Waals surface area contributed by atoms with Crippen LogP contribution in [0.2, 0.25) is 5.02 Å². The fraction of sp³-hybridized carbons (Fsp3) is 0.316. The predicted octanol–water partition coefficient (Wildman–Crippen LogP) is 4.95. The fourth-order valence-corrected chi connectivity index (χ4v) is 4.21. The lowest BCUT2D eigenvalue weighted by Gasteiger charge is -2.25. The van der Waals surface area contributed by atoms with E-state index < -0.39 is 0 Å². The van der Waals surface area contributed by atoms with E-state index in [2.05, 4.69) is 5.32 Å². The molecule has 0 aromatic heterocycles. The van der Waals surface area contributed by atoms with Gasteiger partial charge in [0, 0.05) is 29.1 Å². The lowest BCUT2D eigenvalue weighted by atomic mass is 10.2. The molecule has 3 rings (SSSR count). The number of nitrogens with one attached hydrogen (secondary N) is 1. The van der Waals surface area contributed by atoms with E-state index in [1.54, 1.807) is 32.0 Å². The highest BCUT2D eigenvalue weighted by Crippen LogP contribution is 2.41. The van der Waals surface area contributed by atoms with Gasteiger partial charge in [-0.15, -0.1) is 11.8 Å². The summed E-state index contributed by atoms with van der Waals surface area (Å²) in [5.41, 5.74) is 2.63. The molecule has 2 aromatic rings. The molecule has 0 saturated carbocycles. The summed E-state index contributed by atoms with van der Waals surface area (Å²) in [6, 6.07) is 11.1. The average Bonchev–Trinajstić information content (AvgIpc) is 3.14. The third kappa shape index (κ3) is 4.02. The van der Waals surface area contributed by atoms with Gasteiger partial charge < -0.3 is 19.7 Å². The molecule has 1 saturated heterocycles. The molecule has 26 heavy (non-hydrogen) atoms. The number of methoxy groups -OCH3 is 2. The third-order valence-corrected chi connectivity index (χ3v) is 5.90. The number of ether oxygens (including phenoxy) is 2. The molecule has 1 fully saturated rings. The van der Waals surface area contributed by atoms with Crippen molar-refractivity contribution in [3.8, 4) is 11.5 Å². The van der Waals surface area contributed by atoms with Gasteiger partial charge in [-0.05, 0) is 42.3 Å². The second-order valence-corrected chi connectivity index (χ2v) is 7.55. The number of rotatable bonds is 4. The molecule has 7 heteroatoms. The summed E-state index contributed by atoms with van der Waals surface area (Å²) in [7, 11) is 3.23. The highest BCUT2D eigenvalue weighted by atomic mass is 35.5. The van der Waals surface area contributed by atoms with E-state index in [1.165, 1.54) is 0 Å². The summed E-state index contributed by atoms with van der Waals surface area (Å²) >= 11 is 7.87. The molecule has 0 radical (unpaired) electrons. The second kappa shape index (κ2) is 8.10. The molecule has 0 bridgehead atoms. The van der Waals surface area contributed by atoms with Gasteiger partial charge in [-0.25, -0.2) is 4.79 Å². The summed E-state index contributed by atoms with van der Waals surface area (Å²) in [5.74, 6) is 2.28. The Morgan fingerprint density at radius 3 is 2.50 bits per heavy atom. The second-order valence-electron chi connectivity index (χ2n) is 5.96. The maximum Gasteiger partial charge on any atom is 0.323 e. The van der Waals surface area contributed by atoms with Crippen LogP contribution in [0.15, 0.2) is 36.4 Å². The van der Waals surface area contributed by atoms with E-state index in [0.717, 1.165) is 16.9 Å². The van der Waals surface area contributed by atoms with Crippen LogP contribution in [0, 0.1) is 6.92 Å². The maximum absolute atomic E-state index is 12.8. The SMILES string of the molecule is COc1cc(OC)cc(C2SCCN2C(=O)Nc2ccc(C)c(Cl)c2)c1. The van der Waals surface area contributed by atoms with Crippen LogP contribution < -0.4 is 14.8 Å². The molecule has 1 N–H and O–H groups in total. The Hall–Kier alpha value is -2.05. The Balaban J connectivity index is 1.81. The first-order valence-electron chi connectivity index (χ1n) is 8.20. The standard InChI is InChI=1S/C19H21ClN2O3S/c1-12-4-5-14(10-17(12)20)21-19(23)22-6-7-26-18(22)13-8-15(24-2)11-16(9-13)25-3/h4-5,8-11,18H,6-7H2,1-3H3,(H,21,23). The average molecular weight is 393 g/mol. The van der Waals surface area contributed by atoms with Gasteiger partial charge >= 0.3 is 6.03 Å². The molecule has 1 aliphatic heterocycles. The molecular weight excluding hydrogens is 372 g/mol. The van der Waals surface area contributed by atoms with Crippen LogP contribution in [0.25, 0.3) is 0 Å². The number of amides is 2. The first kappa shape index (κ1) is 18.7. The zero-order valence-electron chi connectivity index (χ0n) is 14.9. The molecule has 1 atom stereocenters. The van der Waals surface area contributed by atoms with Gasteiger partial charge in [-0.2, -0.15) is 0 Å². The number of benzene rings is 2. The van der Waals surface area contributed by atoms with E-state index in [4.69, 9.17) is 21.1 Å². The van der Waals surface area contributed by atoms with Crippen molar-refractivity contribution in [2.75, 3.05) is 31.8 Å². The molecular formula is C19H21ClN2O3S. The van der Waals surface area contributed by atoms with Crippen molar-refractivity contribution in [2.24, 2.45) is 0 Å². The molecule has 1 heterocycles. The van der Waals surface area contributed by atoms with Crippen molar-refractivity contribution in [1.29, 1.82) is 0 Å². The van der Waals surface area contributed by atoms with Crippen LogP contribution in [0.4, 0.5) is 10.5 Å². The van der Waals surface area contributed by atoms with Gasteiger partial charge in [0.25, 0.3) is 0 Å². The molecule has 1 aliphatic rings. The number of hydrogen-bond donors (Lipinski definition) is 1. The minimum Gasteiger partial charge on any atom is -0.497 e. The number of halogens is 1.